The summed E-state index contributed by atoms with van der Waals surface area (Å²) in [6, 6.07) is 12.1. The lowest BCUT2D eigenvalue weighted by molar-refractivity contribution is -0.140. The van der Waals surface area contributed by atoms with Crippen molar-refractivity contribution in [2.45, 2.75) is 46.7 Å². The first-order valence-corrected chi connectivity index (χ1v) is 13.4. The SMILES string of the molecule is CC[C@@H](C(=O)NCC(C)C)N(Cc1cccc(C)c1)C(=O)CN(c1ccccc1F)S(=O)(=O)N(C)C. The summed E-state index contributed by atoms with van der Waals surface area (Å²) in [4.78, 5) is 28.2. The molecule has 1 atom stereocenters. The number of carbonyl (C=O) groups excluding carboxylic acids is 2. The van der Waals surface area contributed by atoms with Crippen LogP contribution in [0.3, 0.4) is 0 Å². The molecular formula is C26H37FN4O4S. The lowest BCUT2D eigenvalue weighted by Gasteiger charge is -2.34. The van der Waals surface area contributed by atoms with Crippen LogP contribution in [-0.4, -0.2) is 62.7 Å². The van der Waals surface area contributed by atoms with Gasteiger partial charge in [0.1, 0.15) is 18.4 Å². The van der Waals surface area contributed by atoms with Crippen molar-refractivity contribution in [2.75, 3.05) is 31.5 Å². The van der Waals surface area contributed by atoms with E-state index in [0.29, 0.717) is 13.0 Å². The third-order valence-electron chi connectivity index (χ3n) is 5.65. The highest BCUT2D eigenvalue weighted by atomic mass is 32.2. The fourth-order valence-electron chi connectivity index (χ4n) is 3.71. The Morgan fingerprint density at radius 3 is 2.28 bits per heavy atom. The quantitative estimate of drug-likeness (QED) is 0.465. The molecule has 2 aromatic rings. The molecule has 2 aromatic carbocycles. The highest BCUT2D eigenvalue weighted by Gasteiger charge is 2.34. The molecule has 0 aliphatic heterocycles. The molecule has 0 aliphatic carbocycles. The van der Waals surface area contributed by atoms with E-state index in [1.165, 1.54) is 37.2 Å². The minimum Gasteiger partial charge on any atom is -0.354 e. The number of nitrogens with zero attached hydrogens (tertiary/aromatic N) is 3. The molecule has 2 amide bonds. The van der Waals surface area contributed by atoms with Gasteiger partial charge in [0, 0.05) is 27.2 Å². The van der Waals surface area contributed by atoms with E-state index in [-0.39, 0.29) is 24.1 Å². The van der Waals surface area contributed by atoms with E-state index in [4.69, 9.17) is 0 Å². The van der Waals surface area contributed by atoms with Gasteiger partial charge in [-0.05, 0) is 37.0 Å². The number of carbonyl (C=O) groups is 2. The molecular weight excluding hydrogens is 483 g/mol. The maximum atomic E-state index is 14.7. The minimum atomic E-state index is -4.22. The van der Waals surface area contributed by atoms with Crippen LogP contribution < -0.4 is 9.62 Å². The smallest absolute Gasteiger partial charge is 0.304 e. The van der Waals surface area contributed by atoms with E-state index in [1.54, 1.807) is 6.92 Å². The molecule has 0 unspecified atom stereocenters. The highest BCUT2D eigenvalue weighted by Crippen LogP contribution is 2.24. The van der Waals surface area contributed by atoms with Crippen LogP contribution in [0.4, 0.5) is 10.1 Å². The van der Waals surface area contributed by atoms with Gasteiger partial charge in [-0.1, -0.05) is 62.7 Å². The average molecular weight is 521 g/mol. The molecule has 0 spiro atoms. The molecule has 0 saturated carbocycles. The number of halogens is 1. The number of aryl methyl sites for hydroxylation is 1. The van der Waals surface area contributed by atoms with Crippen LogP contribution in [-0.2, 0) is 26.3 Å². The van der Waals surface area contributed by atoms with Gasteiger partial charge in [-0.15, -0.1) is 0 Å². The summed E-state index contributed by atoms with van der Waals surface area (Å²) in [7, 11) is -1.59. The average Bonchev–Trinajstić information content (AvgIpc) is 2.81. The van der Waals surface area contributed by atoms with E-state index in [2.05, 4.69) is 5.32 Å². The van der Waals surface area contributed by atoms with Crippen LogP contribution in [0.5, 0.6) is 0 Å². The van der Waals surface area contributed by atoms with Crippen molar-refractivity contribution in [3.8, 4) is 0 Å². The van der Waals surface area contributed by atoms with Crippen LogP contribution in [0.15, 0.2) is 48.5 Å². The van der Waals surface area contributed by atoms with Gasteiger partial charge < -0.3 is 10.2 Å². The maximum absolute atomic E-state index is 14.7. The minimum absolute atomic E-state index is 0.0985. The fraction of sp³-hybridized carbons (Fsp3) is 0.462. The second-order valence-corrected chi connectivity index (χ2v) is 11.4. The molecule has 8 nitrogen and oxygen atoms in total. The van der Waals surface area contributed by atoms with Crippen LogP contribution in [0.1, 0.15) is 38.3 Å². The Hall–Kier alpha value is -2.98. The monoisotopic (exact) mass is 520 g/mol. The third kappa shape index (κ3) is 7.51. The van der Waals surface area contributed by atoms with Crippen molar-refractivity contribution < 1.29 is 22.4 Å². The van der Waals surface area contributed by atoms with E-state index >= 15 is 0 Å². The predicted molar refractivity (Wildman–Crippen MR) is 140 cm³/mol. The topological polar surface area (TPSA) is 90.0 Å². The second kappa shape index (κ2) is 12.8. The molecule has 0 aromatic heterocycles. The normalized spacial score (nSPS) is 12.5. The highest BCUT2D eigenvalue weighted by molar-refractivity contribution is 7.90. The molecule has 10 heteroatoms. The van der Waals surface area contributed by atoms with Crippen molar-refractivity contribution in [1.82, 2.24) is 14.5 Å². The third-order valence-corrected chi connectivity index (χ3v) is 7.45. The number of rotatable bonds is 12. The van der Waals surface area contributed by atoms with Gasteiger partial charge in [0.2, 0.25) is 11.8 Å². The van der Waals surface area contributed by atoms with Crippen molar-refractivity contribution in [3.05, 3.63) is 65.5 Å². The van der Waals surface area contributed by atoms with E-state index in [1.807, 2.05) is 45.0 Å². The molecule has 0 bridgehead atoms. The first-order valence-electron chi connectivity index (χ1n) is 12.0. The largest absolute Gasteiger partial charge is 0.354 e. The Balaban J connectivity index is 2.50. The standard InChI is InChI=1S/C26H37FN4O4S/c1-7-23(26(33)28-16-19(2)3)30(17-21-12-10-11-20(4)15-21)25(32)18-31(36(34,35)29(5)6)24-14-9-8-13-22(24)27/h8-15,19,23H,7,16-18H2,1-6H3,(H,28,33)/t23-/m0/s1. The van der Waals surface area contributed by atoms with Crippen LogP contribution in [0, 0.1) is 18.7 Å². The summed E-state index contributed by atoms with van der Waals surface area (Å²) in [6.45, 7) is 7.53. The number of hydrogen-bond acceptors (Lipinski definition) is 4. The number of hydrogen-bond donors (Lipinski definition) is 1. The summed E-state index contributed by atoms with van der Waals surface area (Å²) >= 11 is 0. The summed E-state index contributed by atoms with van der Waals surface area (Å²) in [6.07, 6.45) is 0.321. The van der Waals surface area contributed by atoms with Crippen LogP contribution in [0.25, 0.3) is 0 Å². The van der Waals surface area contributed by atoms with Gasteiger partial charge >= 0.3 is 10.2 Å². The second-order valence-electron chi connectivity index (χ2n) is 9.32. The summed E-state index contributed by atoms with van der Waals surface area (Å²) < 4.78 is 42.6. The van der Waals surface area contributed by atoms with E-state index in [9.17, 15) is 22.4 Å². The van der Waals surface area contributed by atoms with Gasteiger partial charge in [0.15, 0.2) is 0 Å². The molecule has 2 rings (SSSR count). The van der Waals surface area contributed by atoms with Gasteiger partial charge in [-0.2, -0.15) is 12.7 Å². The van der Waals surface area contributed by atoms with E-state index < -0.39 is 34.5 Å². The summed E-state index contributed by atoms with van der Waals surface area (Å²) in [5.74, 6) is -1.49. The number of para-hydroxylation sites is 1. The Labute approximate surface area is 214 Å². The number of nitrogens with one attached hydrogen (secondary N) is 1. The zero-order valence-electron chi connectivity index (χ0n) is 21.9. The molecule has 0 heterocycles. The first-order chi connectivity index (χ1) is 16.9. The summed E-state index contributed by atoms with van der Waals surface area (Å²) in [5, 5.41) is 2.88. The molecule has 0 fully saturated rings. The molecule has 36 heavy (non-hydrogen) atoms. The van der Waals surface area contributed by atoms with Crippen molar-refractivity contribution in [2.24, 2.45) is 5.92 Å². The molecule has 0 saturated heterocycles. The number of amides is 2. The van der Waals surface area contributed by atoms with Gasteiger partial charge in [-0.25, -0.2) is 8.70 Å². The van der Waals surface area contributed by atoms with E-state index in [0.717, 1.165) is 25.8 Å². The lowest BCUT2D eigenvalue weighted by atomic mass is 10.1. The maximum Gasteiger partial charge on any atom is 0.304 e. The summed E-state index contributed by atoms with van der Waals surface area (Å²) in [5.41, 5.74) is 1.54. The lowest BCUT2D eigenvalue weighted by Crippen LogP contribution is -2.53. The molecule has 1 N–H and O–H groups in total. The van der Waals surface area contributed by atoms with Crippen molar-refractivity contribution in [1.29, 1.82) is 0 Å². The Bertz CT molecular complexity index is 1150. The van der Waals surface area contributed by atoms with Gasteiger partial charge in [-0.3, -0.25) is 9.59 Å². The number of benzene rings is 2. The molecule has 198 valence electrons. The van der Waals surface area contributed by atoms with Crippen LogP contribution in [0.2, 0.25) is 0 Å². The van der Waals surface area contributed by atoms with Crippen molar-refractivity contribution >= 4 is 27.7 Å². The Kier molecular flexibility index (Phi) is 10.4. The van der Waals surface area contributed by atoms with Gasteiger partial charge in [0.25, 0.3) is 0 Å². The van der Waals surface area contributed by atoms with Crippen molar-refractivity contribution in [3.63, 3.8) is 0 Å². The number of anilines is 1. The Morgan fingerprint density at radius 1 is 1.06 bits per heavy atom. The predicted octanol–water partition coefficient (Wildman–Crippen LogP) is 3.33. The van der Waals surface area contributed by atoms with Gasteiger partial charge in [0.05, 0.1) is 5.69 Å². The zero-order chi connectivity index (χ0) is 27.0. The van der Waals surface area contributed by atoms with Crippen LogP contribution >= 0.6 is 0 Å². The zero-order valence-corrected chi connectivity index (χ0v) is 22.7. The molecule has 0 aliphatic rings. The fourth-order valence-corrected chi connectivity index (χ4v) is 4.77. The molecule has 0 radical (unpaired) electrons. The first kappa shape index (κ1) is 29.3. The Morgan fingerprint density at radius 2 is 1.72 bits per heavy atom.